The third-order valence-corrected chi connectivity index (χ3v) is 3.77. The van der Waals surface area contributed by atoms with Crippen LogP contribution in [0.15, 0.2) is 24.3 Å². The lowest BCUT2D eigenvalue weighted by Crippen LogP contribution is -2.31. The molecule has 0 bridgehead atoms. The largest absolute Gasteiger partial charge is 0.366 e. The zero-order valence-corrected chi connectivity index (χ0v) is 11.3. The number of H-pyrrole nitrogens is 1. The maximum absolute atomic E-state index is 12.5. The predicted octanol–water partition coefficient (Wildman–Crippen LogP) is 1.67. The minimum atomic E-state index is -0.139. The monoisotopic (exact) mass is 271 g/mol. The maximum Gasteiger partial charge on any atom is 0.291 e. The molecule has 0 radical (unpaired) electrons. The Labute approximate surface area is 117 Å². The van der Waals surface area contributed by atoms with Crippen molar-refractivity contribution in [1.29, 1.82) is 0 Å². The molecule has 6 heteroatoms. The lowest BCUT2D eigenvalue weighted by atomic mass is 9.99. The van der Waals surface area contributed by atoms with Gasteiger partial charge in [0.1, 0.15) is 0 Å². The highest BCUT2D eigenvalue weighted by Gasteiger charge is 2.32. The fourth-order valence-electron chi connectivity index (χ4n) is 2.80. The molecule has 3 rings (SSSR count). The minimum absolute atomic E-state index is 0.0972. The van der Waals surface area contributed by atoms with Crippen molar-refractivity contribution < 1.29 is 4.79 Å². The van der Waals surface area contributed by atoms with Gasteiger partial charge in [0.15, 0.2) is 0 Å². The Hall–Kier alpha value is -2.37. The van der Waals surface area contributed by atoms with Crippen molar-refractivity contribution in [3.05, 3.63) is 41.2 Å². The van der Waals surface area contributed by atoms with Crippen LogP contribution in [0.3, 0.4) is 0 Å². The van der Waals surface area contributed by atoms with E-state index in [9.17, 15) is 4.79 Å². The standard InChI is InChI=1S/C14H17N5O/c1-9-5-2-3-6-10(9)11-7-4-8-19(11)13(20)12-16-14(15)18-17-12/h2-3,5-6,11H,4,7-8H2,1H3,(H3,15,16,17,18). The summed E-state index contributed by atoms with van der Waals surface area (Å²) >= 11 is 0. The molecule has 1 unspecified atom stereocenters. The van der Waals surface area contributed by atoms with Gasteiger partial charge in [-0.1, -0.05) is 24.3 Å². The molecule has 0 spiro atoms. The topological polar surface area (TPSA) is 87.9 Å². The number of nitrogen functional groups attached to an aromatic ring is 1. The number of hydrogen-bond acceptors (Lipinski definition) is 4. The SMILES string of the molecule is Cc1ccccc1C1CCCN1C(=O)c1nc(N)n[nH]1. The molecule has 6 nitrogen and oxygen atoms in total. The van der Waals surface area contributed by atoms with Gasteiger partial charge in [-0.25, -0.2) is 0 Å². The molecule has 0 saturated carbocycles. The van der Waals surface area contributed by atoms with Gasteiger partial charge in [-0.3, -0.25) is 9.89 Å². The molecule has 1 aliphatic rings. The van der Waals surface area contributed by atoms with Gasteiger partial charge in [0.25, 0.3) is 5.91 Å². The van der Waals surface area contributed by atoms with E-state index in [2.05, 4.69) is 34.2 Å². The van der Waals surface area contributed by atoms with Crippen LogP contribution in [0.25, 0.3) is 0 Å². The molecule has 1 atom stereocenters. The van der Waals surface area contributed by atoms with Crippen LogP contribution in [0.5, 0.6) is 0 Å². The summed E-state index contributed by atoms with van der Waals surface area (Å²) in [5, 5.41) is 6.31. The summed E-state index contributed by atoms with van der Waals surface area (Å²) in [6.45, 7) is 2.81. The van der Waals surface area contributed by atoms with Gasteiger partial charge in [-0.2, -0.15) is 4.98 Å². The van der Waals surface area contributed by atoms with Crippen LogP contribution in [0, 0.1) is 6.92 Å². The van der Waals surface area contributed by atoms with E-state index in [1.165, 1.54) is 11.1 Å². The van der Waals surface area contributed by atoms with E-state index < -0.39 is 0 Å². The van der Waals surface area contributed by atoms with Crippen molar-refractivity contribution in [2.75, 3.05) is 12.3 Å². The summed E-state index contributed by atoms with van der Waals surface area (Å²) in [4.78, 5) is 18.3. The van der Waals surface area contributed by atoms with E-state index in [4.69, 9.17) is 5.73 Å². The second-order valence-electron chi connectivity index (χ2n) is 5.06. The smallest absolute Gasteiger partial charge is 0.291 e. The number of aromatic nitrogens is 3. The van der Waals surface area contributed by atoms with E-state index in [1.807, 2.05) is 17.0 Å². The predicted molar refractivity (Wildman–Crippen MR) is 75.0 cm³/mol. The Morgan fingerprint density at radius 3 is 2.95 bits per heavy atom. The van der Waals surface area contributed by atoms with Crippen LogP contribution >= 0.6 is 0 Å². The third kappa shape index (κ3) is 2.13. The molecule has 20 heavy (non-hydrogen) atoms. The van der Waals surface area contributed by atoms with Gasteiger partial charge in [-0.15, -0.1) is 5.10 Å². The number of nitrogens with zero attached hydrogens (tertiary/aromatic N) is 3. The van der Waals surface area contributed by atoms with Gasteiger partial charge >= 0.3 is 0 Å². The van der Waals surface area contributed by atoms with Gasteiger partial charge in [0.05, 0.1) is 6.04 Å². The summed E-state index contributed by atoms with van der Waals surface area (Å²) in [5.41, 5.74) is 7.86. The molecule has 1 aromatic heterocycles. The molecule has 2 heterocycles. The third-order valence-electron chi connectivity index (χ3n) is 3.77. The lowest BCUT2D eigenvalue weighted by molar-refractivity contribution is 0.0723. The first-order valence-electron chi connectivity index (χ1n) is 6.71. The number of amides is 1. The summed E-state index contributed by atoms with van der Waals surface area (Å²) in [6, 6.07) is 8.28. The lowest BCUT2D eigenvalue weighted by Gasteiger charge is -2.25. The Morgan fingerprint density at radius 2 is 2.25 bits per heavy atom. The van der Waals surface area contributed by atoms with Crippen molar-refractivity contribution in [3.8, 4) is 0 Å². The summed E-state index contributed by atoms with van der Waals surface area (Å²) in [5.74, 6) is 0.169. The first-order chi connectivity index (χ1) is 9.66. The van der Waals surface area contributed by atoms with Crippen LogP contribution in [-0.4, -0.2) is 32.5 Å². The second kappa shape index (κ2) is 4.96. The zero-order chi connectivity index (χ0) is 14.1. The Bertz CT molecular complexity index is 636. The number of rotatable bonds is 2. The number of nitrogens with one attached hydrogen (secondary N) is 1. The van der Waals surface area contributed by atoms with Gasteiger partial charge in [0, 0.05) is 6.54 Å². The second-order valence-corrected chi connectivity index (χ2v) is 5.06. The number of anilines is 1. The fourth-order valence-corrected chi connectivity index (χ4v) is 2.80. The molecule has 1 aromatic carbocycles. The number of nitrogens with two attached hydrogens (primary N) is 1. The van der Waals surface area contributed by atoms with Crippen molar-refractivity contribution in [2.45, 2.75) is 25.8 Å². The van der Waals surface area contributed by atoms with E-state index in [0.29, 0.717) is 0 Å². The fraction of sp³-hybridized carbons (Fsp3) is 0.357. The van der Waals surface area contributed by atoms with Crippen LogP contribution in [0.1, 0.15) is 40.6 Å². The molecule has 0 aliphatic carbocycles. The van der Waals surface area contributed by atoms with E-state index >= 15 is 0 Å². The Morgan fingerprint density at radius 1 is 1.45 bits per heavy atom. The van der Waals surface area contributed by atoms with E-state index in [1.54, 1.807) is 0 Å². The van der Waals surface area contributed by atoms with Crippen molar-refractivity contribution in [3.63, 3.8) is 0 Å². The van der Waals surface area contributed by atoms with Crippen molar-refractivity contribution >= 4 is 11.9 Å². The van der Waals surface area contributed by atoms with Crippen molar-refractivity contribution in [1.82, 2.24) is 20.1 Å². The maximum atomic E-state index is 12.5. The van der Waals surface area contributed by atoms with Crippen LogP contribution in [-0.2, 0) is 0 Å². The number of likely N-dealkylation sites (tertiary alicyclic amines) is 1. The highest BCUT2D eigenvalue weighted by atomic mass is 16.2. The molecule has 1 amide bonds. The Kier molecular flexibility index (Phi) is 3.14. The van der Waals surface area contributed by atoms with Crippen LogP contribution < -0.4 is 5.73 Å². The van der Waals surface area contributed by atoms with Crippen LogP contribution in [0.4, 0.5) is 5.95 Å². The number of benzene rings is 1. The van der Waals surface area contributed by atoms with Crippen LogP contribution in [0.2, 0.25) is 0 Å². The minimum Gasteiger partial charge on any atom is -0.366 e. The molecule has 3 N–H and O–H groups in total. The van der Waals surface area contributed by atoms with E-state index in [-0.39, 0.29) is 23.7 Å². The number of aryl methyl sites for hydroxylation is 1. The Balaban J connectivity index is 1.90. The molecular weight excluding hydrogens is 254 g/mol. The number of hydrogen-bond donors (Lipinski definition) is 2. The summed E-state index contributed by atoms with van der Waals surface area (Å²) < 4.78 is 0. The van der Waals surface area contributed by atoms with Crippen molar-refractivity contribution in [2.24, 2.45) is 0 Å². The number of carbonyl (C=O) groups excluding carboxylic acids is 1. The van der Waals surface area contributed by atoms with Gasteiger partial charge in [0.2, 0.25) is 11.8 Å². The summed E-state index contributed by atoms with van der Waals surface area (Å²) in [7, 11) is 0. The highest BCUT2D eigenvalue weighted by Crippen LogP contribution is 2.34. The first kappa shape index (κ1) is 12.7. The molecule has 104 valence electrons. The molecule has 1 aliphatic heterocycles. The molecule has 1 fully saturated rings. The average molecular weight is 271 g/mol. The van der Waals surface area contributed by atoms with E-state index in [0.717, 1.165) is 19.4 Å². The van der Waals surface area contributed by atoms with Gasteiger partial charge < -0.3 is 10.6 Å². The normalized spacial score (nSPS) is 18.4. The summed E-state index contributed by atoms with van der Waals surface area (Å²) in [6.07, 6.45) is 1.97. The quantitative estimate of drug-likeness (QED) is 0.869. The zero-order valence-electron chi connectivity index (χ0n) is 11.3. The average Bonchev–Trinajstić information content (AvgIpc) is 3.07. The number of carbonyl (C=O) groups is 1. The number of aromatic amines is 1. The molecule has 2 aromatic rings. The molecular formula is C14H17N5O. The van der Waals surface area contributed by atoms with Gasteiger partial charge in [-0.05, 0) is 30.9 Å². The first-order valence-corrected chi connectivity index (χ1v) is 6.71. The molecule has 1 saturated heterocycles. The highest BCUT2D eigenvalue weighted by molar-refractivity contribution is 5.91.